The molecule has 120 valence electrons. The van der Waals surface area contributed by atoms with E-state index in [9.17, 15) is 9.59 Å². The highest BCUT2D eigenvalue weighted by Gasteiger charge is 2.22. The van der Waals surface area contributed by atoms with Crippen LogP contribution in [0.2, 0.25) is 10.0 Å². The molecule has 0 atom stereocenters. The highest BCUT2D eigenvalue weighted by atomic mass is 35.5. The van der Waals surface area contributed by atoms with Crippen LogP contribution in [0.5, 0.6) is 0 Å². The zero-order chi connectivity index (χ0) is 16.4. The lowest BCUT2D eigenvalue weighted by molar-refractivity contribution is 0.0950. The maximum atomic E-state index is 12.2. The van der Waals surface area contributed by atoms with Crippen LogP contribution in [0, 0.1) is 5.92 Å². The standard InChI is InChI=1S/C17H16Cl2N2O2/c18-14-4-3-13(15(19)8-14)9-20-17(23)12-5-6-21(16(22)7-12)10-11-1-2-11/h3-8,11H,1-2,9-10H2,(H,20,23). The Balaban J connectivity index is 1.65. The second-order valence-corrected chi connectivity index (χ2v) is 6.61. The molecule has 0 radical (unpaired) electrons. The SMILES string of the molecule is O=C(NCc1ccc(Cl)cc1Cl)c1ccn(CC2CC2)c(=O)c1. The second-order valence-electron chi connectivity index (χ2n) is 5.77. The summed E-state index contributed by atoms with van der Waals surface area (Å²) in [6, 6.07) is 8.15. The van der Waals surface area contributed by atoms with E-state index in [1.807, 2.05) is 0 Å². The van der Waals surface area contributed by atoms with Crippen molar-refractivity contribution >= 4 is 29.1 Å². The van der Waals surface area contributed by atoms with Crippen LogP contribution in [-0.4, -0.2) is 10.5 Å². The summed E-state index contributed by atoms with van der Waals surface area (Å²) in [5, 5.41) is 3.80. The van der Waals surface area contributed by atoms with Crippen molar-refractivity contribution in [3.8, 4) is 0 Å². The van der Waals surface area contributed by atoms with Crippen molar-refractivity contribution in [2.24, 2.45) is 5.92 Å². The van der Waals surface area contributed by atoms with Crippen molar-refractivity contribution in [2.45, 2.75) is 25.9 Å². The first-order chi connectivity index (χ1) is 11.0. The van der Waals surface area contributed by atoms with E-state index in [0.29, 0.717) is 21.5 Å². The van der Waals surface area contributed by atoms with Gasteiger partial charge in [-0.1, -0.05) is 29.3 Å². The molecule has 1 aromatic heterocycles. The van der Waals surface area contributed by atoms with Crippen LogP contribution in [-0.2, 0) is 13.1 Å². The number of hydrogen-bond acceptors (Lipinski definition) is 2. The summed E-state index contributed by atoms with van der Waals surface area (Å²) in [5.41, 5.74) is 0.979. The fourth-order valence-electron chi connectivity index (χ4n) is 2.32. The van der Waals surface area contributed by atoms with E-state index in [1.165, 1.54) is 18.9 Å². The van der Waals surface area contributed by atoms with E-state index < -0.39 is 0 Å². The van der Waals surface area contributed by atoms with Gasteiger partial charge in [-0.3, -0.25) is 9.59 Å². The molecule has 1 saturated carbocycles. The van der Waals surface area contributed by atoms with Gasteiger partial charge in [0.25, 0.3) is 11.5 Å². The summed E-state index contributed by atoms with van der Waals surface area (Å²) in [6.45, 7) is 1.01. The zero-order valence-corrected chi connectivity index (χ0v) is 13.9. The number of amides is 1. The minimum atomic E-state index is -0.299. The van der Waals surface area contributed by atoms with Crippen LogP contribution in [0.15, 0.2) is 41.3 Å². The average Bonchev–Trinajstić information content (AvgIpc) is 3.32. The predicted octanol–water partition coefficient (Wildman–Crippen LogP) is 3.50. The maximum Gasteiger partial charge on any atom is 0.251 e. The van der Waals surface area contributed by atoms with Crippen molar-refractivity contribution in [3.05, 3.63) is 68.1 Å². The van der Waals surface area contributed by atoms with Gasteiger partial charge in [0.15, 0.2) is 0 Å². The van der Waals surface area contributed by atoms with Gasteiger partial charge in [-0.05, 0) is 42.5 Å². The van der Waals surface area contributed by atoms with E-state index in [0.717, 1.165) is 12.1 Å². The summed E-state index contributed by atoms with van der Waals surface area (Å²) >= 11 is 11.9. The molecule has 1 aliphatic rings. The van der Waals surface area contributed by atoms with Crippen molar-refractivity contribution < 1.29 is 4.79 Å². The third-order valence-corrected chi connectivity index (χ3v) is 4.45. The zero-order valence-electron chi connectivity index (χ0n) is 12.4. The number of pyridine rings is 1. The van der Waals surface area contributed by atoms with Gasteiger partial charge >= 0.3 is 0 Å². The molecule has 0 unspecified atom stereocenters. The van der Waals surface area contributed by atoms with Gasteiger partial charge in [0, 0.05) is 41.0 Å². The van der Waals surface area contributed by atoms with Crippen LogP contribution in [0.4, 0.5) is 0 Å². The number of halogens is 2. The normalized spacial score (nSPS) is 13.8. The number of hydrogen-bond donors (Lipinski definition) is 1. The third kappa shape index (κ3) is 4.15. The minimum Gasteiger partial charge on any atom is -0.348 e. The number of aromatic nitrogens is 1. The topological polar surface area (TPSA) is 51.1 Å². The quantitative estimate of drug-likeness (QED) is 0.897. The van der Waals surface area contributed by atoms with E-state index >= 15 is 0 Å². The predicted molar refractivity (Wildman–Crippen MR) is 91.1 cm³/mol. The Morgan fingerprint density at radius 1 is 1.22 bits per heavy atom. The van der Waals surface area contributed by atoms with Gasteiger partial charge < -0.3 is 9.88 Å². The van der Waals surface area contributed by atoms with E-state index in [2.05, 4.69) is 5.32 Å². The molecule has 0 bridgehead atoms. The number of nitrogens with zero attached hydrogens (tertiary/aromatic N) is 1. The van der Waals surface area contributed by atoms with Crippen LogP contribution < -0.4 is 10.9 Å². The number of rotatable bonds is 5. The van der Waals surface area contributed by atoms with Crippen LogP contribution >= 0.6 is 23.2 Å². The molecule has 1 N–H and O–H groups in total. The van der Waals surface area contributed by atoms with E-state index in [1.54, 1.807) is 35.0 Å². The summed E-state index contributed by atoms with van der Waals surface area (Å²) < 4.78 is 1.66. The Morgan fingerprint density at radius 2 is 2.00 bits per heavy atom. The molecular formula is C17H16Cl2N2O2. The van der Waals surface area contributed by atoms with Gasteiger partial charge in [0.05, 0.1) is 0 Å². The molecule has 2 aromatic rings. The van der Waals surface area contributed by atoms with Crippen molar-refractivity contribution in [2.75, 3.05) is 0 Å². The Bertz CT molecular complexity index is 797. The molecule has 1 aliphatic carbocycles. The van der Waals surface area contributed by atoms with Gasteiger partial charge in [-0.25, -0.2) is 0 Å². The Hall–Kier alpha value is -1.78. The molecule has 0 aliphatic heterocycles. The van der Waals surface area contributed by atoms with Gasteiger partial charge in [-0.2, -0.15) is 0 Å². The highest BCUT2D eigenvalue weighted by molar-refractivity contribution is 6.35. The third-order valence-electron chi connectivity index (χ3n) is 3.86. The summed E-state index contributed by atoms with van der Waals surface area (Å²) in [6.07, 6.45) is 4.04. The molecule has 1 aromatic carbocycles. The molecule has 0 spiro atoms. The van der Waals surface area contributed by atoms with Crippen LogP contribution in [0.3, 0.4) is 0 Å². The molecule has 4 nitrogen and oxygen atoms in total. The lowest BCUT2D eigenvalue weighted by Crippen LogP contribution is -2.27. The number of nitrogens with one attached hydrogen (secondary N) is 1. The second kappa shape index (κ2) is 6.77. The molecule has 1 fully saturated rings. The summed E-state index contributed by atoms with van der Waals surface area (Å²) in [7, 11) is 0. The van der Waals surface area contributed by atoms with Crippen LogP contribution in [0.1, 0.15) is 28.8 Å². The van der Waals surface area contributed by atoms with E-state index in [-0.39, 0.29) is 18.0 Å². The highest BCUT2D eigenvalue weighted by Crippen LogP contribution is 2.30. The average molecular weight is 351 g/mol. The molecule has 6 heteroatoms. The number of benzene rings is 1. The van der Waals surface area contributed by atoms with Gasteiger partial charge in [-0.15, -0.1) is 0 Å². The first-order valence-corrected chi connectivity index (χ1v) is 8.21. The minimum absolute atomic E-state index is 0.144. The largest absolute Gasteiger partial charge is 0.348 e. The lowest BCUT2D eigenvalue weighted by Gasteiger charge is -2.09. The van der Waals surface area contributed by atoms with E-state index in [4.69, 9.17) is 23.2 Å². The molecular weight excluding hydrogens is 335 g/mol. The van der Waals surface area contributed by atoms with Gasteiger partial charge in [0.2, 0.25) is 0 Å². The Labute approximate surface area is 144 Å². The molecule has 1 heterocycles. The molecule has 1 amide bonds. The first kappa shape index (κ1) is 16.1. The number of carbonyl (C=O) groups is 1. The molecule has 23 heavy (non-hydrogen) atoms. The first-order valence-electron chi connectivity index (χ1n) is 7.45. The molecule has 3 rings (SSSR count). The van der Waals surface area contributed by atoms with Crippen molar-refractivity contribution in [1.29, 1.82) is 0 Å². The smallest absolute Gasteiger partial charge is 0.251 e. The maximum absolute atomic E-state index is 12.2. The van der Waals surface area contributed by atoms with Crippen molar-refractivity contribution in [1.82, 2.24) is 9.88 Å². The van der Waals surface area contributed by atoms with Crippen molar-refractivity contribution in [3.63, 3.8) is 0 Å². The lowest BCUT2D eigenvalue weighted by atomic mass is 10.2. The summed E-state index contributed by atoms with van der Waals surface area (Å²) in [5.74, 6) is 0.311. The number of carbonyl (C=O) groups excluding carboxylic acids is 1. The Kier molecular flexibility index (Phi) is 4.74. The molecule has 0 saturated heterocycles. The monoisotopic (exact) mass is 350 g/mol. The fourth-order valence-corrected chi connectivity index (χ4v) is 2.80. The fraction of sp³-hybridized carbons (Fsp3) is 0.294. The summed E-state index contributed by atoms with van der Waals surface area (Å²) in [4.78, 5) is 24.2. The van der Waals surface area contributed by atoms with Crippen LogP contribution in [0.25, 0.3) is 0 Å². The van der Waals surface area contributed by atoms with Gasteiger partial charge in [0.1, 0.15) is 0 Å². The Morgan fingerprint density at radius 3 is 2.65 bits per heavy atom.